The lowest BCUT2D eigenvalue weighted by atomic mass is 10.1. The molecule has 0 radical (unpaired) electrons. The molecule has 166 valence electrons. The first-order valence-corrected chi connectivity index (χ1v) is 11.9. The average molecular weight is 464 g/mol. The number of nitrogens with one attached hydrogen (secondary N) is 1. The lowest BCUT2D eigenvalue weighted by molar-refractivity contribution is 0.475. The molecule has 0 saturated carbocycles. The van der Waals surface area contributed by atoms with Gasteiger partial charge in [0.15, 0.2) is 22.8 Å². The Morgan fingerprint density at radius 3 is 2.53 bits per heavy atom. The molecule has 0 fully saturated rings. The lowest BCUT2D eigenvalue weighted by Gasteiger charge is -2.10. The zero-order valence-electron chi connectivity index (χ0n) is 18.2. The van der Waals surface area contributed by atoms with Gasteiger partial charge in [0.05, 0.1) is 0 Å². The summed E-state index contributed by atoms with van der Waals surface area (Å²) >= 11 is 1.70. The number of thiophene rings is 1. The van der Waals surface area contributed by atoms with Crippen LogP contribution in [0.15, 0.2) is 90.6 Å². The summed E-state index contributed by atoms with van der Waals surface area (Å²) in [4.78, 5) is 14.5. The third-order valence-corrected chi connectivity index (χ3v) is 6.76. The highest BCUT2D eigenvalue weighted by Crippen LogP contribution is 2.34. The number of para-hydroxylation sites is 1. The van der Waals surface area contributed by atoms with Crippen LogP contribution in [0.1, 0.15) is 5.56 Å². The van der Waals surface area contributed by atoms with Gasteiger partial charge in [-0.3, -0.25) is 4.57 Å². The third kappa shape index (κ3) is 3.76. The number of hydrogen-bond donors (Lipinski definition) is 2. The normalized spacial score (nSPS) is 11.3. The molecule has 6 rings (SSSR count). The Morgan fingerprint density at radius 2 is 1.68 bits per heavy atom. The van der Waals surface area contributed by atoms with Crippen molar-refractivity contribution in [1.29, 1.82) is 0 Å². The third-order valence-electron chi connectivity index (χ3n) is 5.79. The predicted octanol–water partition coefficient (Wildman–Crippen LogP) is 6.06. The largest absolute Gasteiger partial charge is 0.508 e. The Kier molecular flexibility index (Phi) is 5.16. The summed E-state index contributed by atoms with van der Waals surface area (Å²) in [6.45, 7) is 0.679. The van der Waals surface area contributed by atoms with Crippen LogP contribution in [0.3, 0.4) is 0 Å². The van der Waals surface area contributed by atoms with Gasteiger partial charge in [-0.15, -0.1) is 11.3 Å². The van der Waals surface area contributed by atoms with E-state index in [0.717, 1.165) is 39.8 Å². The van der Waals surface area contributed by atoms with Crippen LogP contribution in [0.4, 0.5) is 5.82 Å². The first-order valence-electron chi connectivity index (χ1n) is 11.1. The zero-order chi connectivity index (χ0) is 22.9. The summed E-state index contributed by atoms with van der Waals surface area (Å²) in [6, 6.07) is 25.7. The van der Waals surface area contributed by atoms with Crippen LogP contribution in [0.25, 0.3) is 38.3 Å². The van der Waals surface area contributed by atoms with Crippen molar-refractivity contribution in [2.75, 3.05) is 11.9 Å². The fourth-order valence-corrected chi connectivity index (χ4v) is 5.00. The molecule has 7 heteroatoms. The molecule has 0 amide bonds. The molecule has 0 aliphatic rings. The molecule has 3 aromatic carbocycles. The van der Waals surface area contributed by atoms with Crippen molar-refractivity contribution < 1.29 is 5.11 Å². The molecule has 3 aromatic heterocycles. The number of imidazole rings is 1. The first-order chi connectivity index (χ1) is 16.8. The van der Waals surface area contributed by atoms with E-state index in [-0.39, 0.29) is 5.75 Å². The van der Waals surface area contributed by atoms with Gasteiger partial charge in [0.1, 0.15) is 12.1 Å². The van der Waals surface area contributed by atoms with Crippen LogP contribution in [0.2, 0.25) is 0 Å². The van der Waals surface area contributed by atoms with E-state index >= 15 is 0 Å². The van der Waals surface area contributed by atoms with Crippen molar-refractivity contribution in [3.05, 3.63) is 96.1 Å². The maximum Gasteiger partial charge on any atom is 0.170 e. The van der Waals surface area contributed by atoms with Gasteiger partial charge in [0.2, 0.25) is 0 Å². The molecule has 0 spiro atoms. The zero-order valence-corrected chi connectivity index (χ0v) is 19.0. The summed E-state index contributed by atoms with van der Waals surface area (Å²) in [5, 5.41) is 16.3. The maximum atomic E-state index is 9.53. The fraction of sp³-hybridized carbons (Fsp3) is 0.0741. The van der Waals surface area contributed by atoms with Gasteiger partial charge in [0, 0.05) is 33.3 Å². The fourth-order valence-electron chi connectivity index (χ4n) is 4.06. The van der Waals surface area contributed by atoms with Crippen molar-refractivity contribution in [3.63, 3.8) is 0 Å². The van der Waals surface area contributed by atoms with E-state index in [1.165, 1.54) is 4.70 Å². The van der Waals surface area contributed by atoms with Crippen molar-refractivity contribution in [2.24, 2.45) is 0 Å². The van der Waals surface area contributed by atoms with Gasteiger partial charge in [-0.05, 0) is 42.3 Å². The van der Waals surface area contributed by atoms with Crippen LogP contribution in [0, 0.1) is 0 Å². The second-order valence-corrected chi connectivity index (χ2v) is 8.92. The Morgan fingerprint density at radius 1 is 0.882 bits per heavy atom. The minimum absolute atomic E-state index is 0.272. The standard InChI is InChI=1S/C27H21N5OS/c33-20-12-10-18(11-13-20)14-15-28-26-24-27(32(17-29-24)19-6-2-1-3-7-19)31-25(30-26)22-16-34-23-9-5-4-8-21(22)23/h1-13,16-17,33H,14-15H2,(H,28,30,31). The van der Waals surface area contributed by atoms with Gasteiger partial charge in [0.25, 0.3) is 0 Å². The Balaban J connectivity index is 1.43. The van der Waals surface area contributed by atoms with Crippen molar-refractivity contribution >= 4 is 38.4 Å². The average Bonchev–Trinajstić information content (AvgIpc) is 3.50. The molecule has 0 aliphatic carbocycles. The molecule has 2 N–H and O–H groups in total. The molecular weight excluding hydrogens is 442 g/mol. The van der Waals surface area contributed by atoms with Crippen LogP contribution in [-0.2, 0) is 6.42 Å². The van der Waals surface area contributed by atoms with Crippen LogP contribution >= 0.6 is 11.3 Å². The SMILES string of the molecule is Oc1ccc(CCNc2nc(-c3csc4ccccc34)nc3c2ncn3-c2ccccc2)cc1. The van der Waals surface area contributed by atoms with Crippen LogP contribution in [0.5, 0.6) is 5.75 Å². The number of fused-ring (bicyclic) bond motifs is 2. The topological polar surface area (TPSA) is 75.9 Å². The molecule has 0 bridgehead atoms. The number of aromatic hydroxyl groups is 1. The van der Waals surface area contributed by atoms with E-state index in [2.05, 4.69) is 27.8 Å². The van der Waals surface area contributed by atoms with Crippen molar-refractivity contribution in [2.45, 2.75) is 6.42 Å². The number of phenolic OH excluding ortho intramolecular Hbond substituents is 1. The number of phenols is 1. The Labute approximate surface area is 200 Å². The number of benzene rings is 3. The van der Waals surface area contributed by atoms with Gasteiger partial charge < -0.3 is 10.4 Å². The summed E-state index contributed by atoms with van der Waals surface area (Å²) in [6.07, 6.45) is 2.59. The van der Waals surface area contributed by atoms with E-state index in [4.69, 9.17) is 9.97 Å². The van der Waals surface area contributed by atoms with Gasteiger partial charge in [-0.1, -0.05) is 48.5 Å². The Hall–Kier alpha value is -4.23. The summed E-state index contributed by atoms with van der Waals surface area (Å²) < 4.78 is 3.21. The smallest absolute Gasteiger partial charge is 0.170 e. The molecule has 0 atom stereocenters. The number of aromatic nitrogens is 4. The van der Waals surface area contributed by atoms with Crippen LogP contribution in [-0.4, -0.2) is 31.2 Å². The Bertz CT molecular complexity index is 1590. The molecule has 0 aliphatic heterocycles. The van der Waals surface area contributed by atoms with E-state index < -0.39 is 0 Å². The van der Waals surface area contributed by atoms with Gasteiger partial charge in [-0.25, -0.2) is 15.0 Å². The molecule has 3 heterocycles. The number of rotatable bonds is 6. The lowest BCUT2D eigenvalue weighted by Crippen LogP contribution is -2.08. The second kappa shape index (κ2) is 8.61. The first kappa shape index (κ1) is 20.4. The minimum atomic E-state index is 0.272. The van der Waals surface area contributed by atoms with Gasteiger partial charge in [-0.2, -0.15) is 0 Å². The second-order valence-electron chi connectivity index (χ2n) is 8.01. The summed E-state index contributed by atoms with van der Waals surface area (Å²) in [5.74, 6) is 1.66. The van der Waals surface area contributed by atoms with E-state index in [1.807, 2.05) is 59.2 Å². The van der Waals surface area contributed by atoms with E-state index in [1.54, 1.807) is 29.8 Å². The van der Waals surface area contributed by atoms with Gasteiger partial charge >= 0.3 is 0 Å². The van der Waals surface area contributed by atoms with Crippen LogP contribution < -0.4 is 5.32 Å². The molecular formula is C27H21N5OS. The highest BCUT2D eigenvalue weighted by Gasteiger charge is 2.17. The number of hydrogen-bond acceptors (Lipinski definition) is 6. The maximum absolute atomic E-state index is 9.53. The highest BCUT2D eigenvalue weighted by molar-refractivity contribution is 7.17. The highest BCUT2D eigenvalue weighted by atomic mass is 32.1. The van der Waals surface area contributed by atoms with E-state index in [9.17, 15) is 5.11 Å². The molecule has 6 aromatic rings. The summed E-state index contributed by atoms with van der Waals surface area (Å²) in [7, 11) is 0. The number of anilines is 1. The predicted molar refractivity (Wildman–Crippen MR) is 138 cm³/mol. The quantitative estimate of drug-likeness (QED) is 0.314. The molecule has 6 nitrogen and oxygen atoms in total. The molecule has 0 saturated heterocycles. The molecule has 34 heavy (non-hydrogen) atoms. The summed E-state index contributed by atoms with van der Waals surface area (Å²) in [5.41, 5.74) is 4.65. The minimum Gasteiger partial charge on any atom is -0.508 e. The monoisotopic (exact) mass is 463 g/mol. The number of nitrogens with zero attached hydrogens (tertiary/aromatic N) is 4. The van der Waals surface area contributed by atoms with Crippen molar-refractivity contribution in [3.8, 4) is 22.8 Å². The molecule has 0 unspecified atom stereocenters. The van der Waals surface area contributed by atoms with Crippen molar-refractivity contribution in [1.82, 2.24) is 19.5 Å². The van der Waals surface area contributed by atoms with E-state index in [0.29, 0.717) is 18.2 Å².